The van der Waals surface area contributed by atoms with E-state index in [1.807, 2.05) is 42.5 Å². The molecule has 0 fully saturated rings. The van der Waals surface area contributed by atoms with Gasteiger partial charge in [-0.05, 0) is 132 Å². The number of ether oxygens (including phenoxy) is 4. The van der Waals surface area contributed by atoms with Gasteiger partial charge in [0.15, 0.2) is 11.6 Å². The van der Waals surface area contributed by atoms with Gasteiger partial charge in [0.25, 0.3) is 0 Å². The van der Waals surface area contributed by atoms with E-state index in [4.69, 9.17) is 18.9 Å². The van der Waals surface area contributed by atoms with Crippen LogP contribution in [0.4, 0.5) is 0 Å². The number of rotatable bonds is 19. The normalized spacial score (nSPS) is 11.5. The predicted octanol–water partition coefficient (Wildman–Crippen LogP) is -2.55. The summed E-state index contributed by atoms with van der Waals surface area (Å²) < 4.78 is 197. The molecule has 9 rings (SSSR count). The molecule has 0 aliphatic rings. The SMILES string of the molecule is O=C(c1cccc(S(=O)(=O)[O-])c1)c1ccc(Oc2cc(Oc3ccc(S(=O)(=O)c4ccc(Oc5ccc(-c6ccccc6)cc5)cc4)cc3)cc(Oc3ccc(C(=O)c4cccc(S(=O)(=O)[O-])c4)cc3S(=O)(=O)[O-])c2)c(S(=O)(=O)[O-])c1.[Na+].[Na+].[Na+].[Na+]. The van der Waals surface area contributed by atoms with Gasteiger partial charge in [-0.2, -0.15) is 0 Å². The van der Waals surface area contributed by atoms with Gasteiger partial charge in [-0.25, -0.2) is 42.1 Å². The molecule has 0 unspecified atom stereocenters. The molecule has 0 amide bonds. The Bertz CT molecular complexity index is 4370. The zero-order valence-electron chi connectivity index (χ0n) is 44.8. The van der Waals surface area contributed by atoms with Gasteiger partial charge in [-0.3, -0.25) is 9.59 Å². The van der Waals surface area contributed by atoms with Crippen molar-refractivity contribution in [3.63, 3.8) is 0 Å². The molecule has 0 aliphatic heterocycles. The Kier molecular flexibility index (Phi) is 24.1. The van der Waals surface area contributed by atoms with E-state index >= 15 is 0 Å². The van der Waals surface area contributed by atoms with Crippen LogP contribution >= 0.6 is 0 Å². The average molecular weight is 1280 g/mol. The Morgan fingerprint density at radius 3 is 0.976 bits per heavy atom. The number of hydrogen-bond donors (Lipinski definition) is 0. The van der Waals surface area contributed by atoms with Gasteiger partial charge in [-0.15, -0.1) is 0 Å². The van der Waals surface area contributed by atoms with Crippen molar-refractivity contribution in [1.82, 2.24) is 0 Å². The van der Waals surface area contributed by atoms with Crippen LogP contribution in [0.15, 0.2) is 236 Å². The van der Waals surface area contributed by atoms with Crippen molar-refractivity contribution in [2.75, 3.05) is 0 Å². The van der Waals surface area contributed by atoms with Gasteiger partial charge in [0.2, 0.25) is 9.84 Å². The Morgan fingerprint density at radius 1 is 0.282 bits per heavy atom. The standard InChI is InChI=1S/C56H38O20S5.4Na/c57-55(37-8-4-10-49(28-37)78(61,62)63)39-14-26-51(53(30-39)80(67,68)69)75-45-32-44(33-46(34-45)76-52-27-15-40(31-54(52)81(70,71)72)56(58)38-9-5-11-50(29-38)79(64,65)66)74-43-20-24-48(25-21-43)77(59,60)47-22-18-42(19-23-47)73-41-16-12-36(13-17-41)35-6-2-1-3-7-35;;;;/h1-34H,(H,61,62,63)(H,64,65,66)(H,67,68,69)(H,70,71,72);;;;/q;4*+1/p-4. The summed E-state index contributed by atoms with van der Waals surface area (Å²) in [5.74, 6) is -3.74. The number of ketones is 2. The molecule has 20 nitrogen and oxygen atoms in total. The maximum atomic E-state index is 13.8. The van der Waals surface area contributed by atoms with E-state index in [1.54, 1.807) is 12.1 Å². The molecule has 0 radical (unpaired) electrons. The van der Waals surface area contributed by atoms with Gasteiger partial charge >= 0.3 is 118 Å². The Hall–Kier alpha value is -4.89. The Labute approximate surface area is 576 Å². The molecule has 0 bridgehead atoms. The topological polar surface area (TPSA) is 334 Å². The molecule has 0 spiro atoms. The number of carbonyl (C=O) groups is 2. The van der Waals surface area contributed by atoms with Crippen LogP contribution in [0.25, 0.3) is 11.1 Å². The first-order valence-corrected chi connectivity index (χ1v) is 30.2. The van der Waals surface area contributed by atoms with E-state index in [-0.39, 0.29) is 151 Å². The van der Waals surface area contributed by atoms with E-state index in [0.717, 1.165) is 102 Å². The number of hydrogen-bond acceptors (Lipinski definition) is 20. The molecule has 0 saturated carbocycles. The fraction of sp³-hybridized carbons (Fsp3) is 0. The smallest absolute Gasteiger partial charge is 0.744 e. The molecular weight excluding hydrogens is 1240 g/mol. The largest absolute Gasteiger partial charge is 1.00 e. The minimum Gasteiger partial charge on any atom is -0.744 e. The maximum Gasteiger partial charge on any atom is 1.00 e. The summed E-state index contributed by atoms with van der Waals surface area (Å²) in [7, 11) is -25.3. The molecule has 9 aromatic carbocycles. The summed E-state index contributed by atoms with van der Waals surface area (Å²) in [6.07, 6.45) is 0. The summed E-state index contributed by atoms with van der Waals surface area (Å²) in [5, 5.41) is 0. The average Bonchev–Trinajstić information content (AvgIpc) is 3.54. The van der Waals surface area contributed by atoms with Gasteiger partial charge in [0, 0.05) is 40.5 Å². The third-order valence-electron chi connectivity index (χ3n) is 11.7. The monoisotopic (exact) mass is 1280 g/mol. The maximum absolute atomic E-state index is 13.8. The summed E-state index contributed by atoms with van der Waals surface area (Å²) in [4.78, 5) is 22.8. The van der Waals surface area contributed by atoms with Crippen LogP contribution < -0.4 is 137 Å². The van der Waals surface area contributed by atoms with Crippen LogP contribution in [-0.4, -0.2) is 71.9 Å². The van der Waals surface area contributed by atoms with Crippen molar-refractivity contribution in [1.29, 1.82) is 0 Å². The molecule has 85 heavy (non-hydrogen) atoms. The van der Waals surface area contributed by atoms with Crippen LogP contribution in [0.2, 0.25) is 0 Å². The number of sulfone groups is 1. The van der Waals surface area contributed by atoms with E-state index in [2.05, 4.69) is 0 Å². The fourth-order valence-electron chi connectivity index (χ4n) is 7.88. The molecule has 0 N–H and O–H groups in total. The Balaban J connectivity index is 0.00000330. The molecule has 9 aromatic rings. The zero-order chi connectivity index (χ0) is 58.1. The third-order valence-corrected chi connectivity index (χ3v) is 16.9. The van der Waals surface area contributed by atoms with Crippen molar-refractivity contribution >= 4 is 61.9 Å². The Morgan fingerprint density at radius 2 is 0.612 bits per heavy atom. The first kappa shape index (κ1) is 70.9. The molecule has 0 heterocycles. The van der Waals surface area contributed by atoms with Crippen LogP contribution in [0, 0.1) is 0 Å². The fourth-order valence-corrected chi connectivity index (χ4v) is 11.4. The molecule has 29 heteroatoms. The molecular formula is C56H34Na4O20S5. The molecule has 412 valence electrons. The van der Waals surface area contributed by atoms with Crippen molar-refractivity contribution in [2.45, 2.75) is 29.4 Å². The van der Waals surface area contributed by atoms with Crippen molar-refractivity contribution < 1.29 is 207 Å². The number of carbonyl (C=O) groups excluding carboxylic acids is 2. The van der Waals surface area contributed by atoms with Crippen LogP contribution in [0.3, 0.4) is 0 Å². The van der Waals surface area contributed by atoms with E-state index in [0.29, 0.717) is 23.6 Å². The van der Waals surface area contributed by atoms with Gasteiger partial charge < -0.3 is 37.2 Å². The summed E-state index contributed by atoms with van der Waals surface area (Å²) >= 11 is 0. The van der Waals surface area contributed by atoms with Gasteiger partial charge in [0.05, 0.1) is 29.4 Å². The second-order valence-corrected chi connectivity index (χ2v) is 24.6. The van der Waals surface area contributed by atoms with E-state index in [9.17, 15) is 69.9 Å². The second-order valence-electron chi connectivity index (χ2n) is 17.2. The van der Waals surface area contributed by atoms with E-state index < -0.39 is 116 Å². The van der Waals surface area contributed by atoms with Crippen molar-refractivity contribution in [2.24, 2.45) is 0 Å². The van der Waals surface area contributed by atoms with Crippen molar-refractivity contribution in [3.8, 4) is 57.1 Å². The van der Waals surface area contributed by atoms with Crippen LogP contribution in [-0.2, 0) is 50.3 Å². The molecule has 0 aromatic heterocycles. The predicted molar refractivity (Wildman–Crippen MR) is 281 cm³/mol. The van der Waals surface area contributed by atoms with Gasteiger partial charge in [0.1, 0.15) is 86.5 Å². The minimum absolute atomic E-state index is 0. The summed E-state index contributed by atoms with van der Waals surface area (Å²) in [6, 6.07) is 43.8. The number of benzene rings is 9. The van der Waals surface area contributed by atoms with Gasteiger partial charge in [-0.1, -0.05) is 66.7 Å². The quantitative estimate of drug-likeness (QED) is 0.0457. The van der Waals surface area contributed by atoms with Crippen LogP contribution in [0.5, 0.6) is 46.0 Å². The molecule has 0 atom stereocenters. The molecule has 0 aliphatic carbocycles. The third kappa shape index (κ3) is 17.7. The first-order valence-electron chi connectivity index (χ1n) is 23.1. The summed E-state index contributed by atoms with van der Waals surface area (Å²) in [6.45, 7) is 0. The van der Waals surface area contributed by atoms with E-state index in [1.165, 1.54) is 48.5 Å². The molecule has 0 saturated heterocycles. The zero-order valence-corrected chi connectivity index (χ0v) is 56.9. The second kappa shape index (κ2) is 29.0. The van der Waals surface area contributed by atoms with Crippen LogP contribution in [0.1, 0.15) is 31.8 Å². The summed E-state index contributed by atoms with van der Waals surface area (Å²) in [5.41, 5.74) is 0.322. The first-order chi connectivity index (χ1) is 38.2. The minimum atomic E-state index is -5.53. The van der Waals surface area contributed by atoms with Crippen molar-refractivity contribution in [3.05, 3.63) is 229 Å².